The summed E-state index contributed by atoms with van der Waals surface area (Å²) in [4.78, 5) is 34.9. The van der Waals surface area contributed by atoms with Crippen LogP contribution < -0.4 is 5.32 Å². The monoisotopic (exact) mass is 228 g/mol. The first-order valence-corrected chi connectivity index (χ1v) is 5.23. The van der Waals surface area contributed by atoms with E-state index in [2.05, 4.69) is 5.32 Å². The van der Waals surface area contributed by atoms with Crippen molar-refractivity contribution in [1.82, 2.24) is 10.2 Å². The second kappa shape index (κ2) is 4.96. The van der Waals surface area contributed by atoms with Gasteiger partial charge in [-0.25, -0.2) is 0 Å². The highest BCUT2D eigenvalue weighted by molar-refractivity contribution is 5.91. The Hall–Kier alpha value is -1.59. The van der Waals surface area contributed by atoms with Gasteiger partial charge in [0.1, 0.15) is 0 Å². The molecule has 6 nitrogen and oxygen atoms in total. The van der Waals surface area contributed by atoms with Crippen molar-refractivity contribution in [3.05, 3.63) is 0 Å². The van der Waals surface area contributed by atoms with Crippen LogP contribution in [-0.4, -0.2) is 47.9 Å². The van der Waals surface area contributed by atoms with Crippen LogP contribution in [0.4, 0.5) is 0 Å². The van der Waals surface area contributed by atoms with Gasteiger partial charge in [0.15, 0.2) is 0 Å². The zero-order valence-corrected chi connectivity index (χ0v) is 9.40. The molecule has 90 valence electrons. The van der Waals surface area contributed by atoms with Gasteiger partial charge in [-0.15, -0.1) is 0 Å². The first-order valence-electron chi connectivity index (χ1n) is 5.23. The smallest absolute Gasteiger partial charge is 0.307 e. The Balaban J connectivity index is 2.51. The Morgan fingerprint density at radius 1 is 1.38 bits per heavy atom. The van der Waals surface area contributed by atoms with Crippen LogP contribution in [0.2, 0.25) is 0 Å². The van der Waals surface area contributed by atoms with Crippen molar-refractivity contribution >= 4 is 17.8 Å². The molecule has 0 spiro atoms. The second-order valence-electron chi connectivity index (χ2n) is 3.81. The average molecular weight is 228 g/mol. The summed E-state index contributed by atoms with van der Waals surface area (Å²) in [5.41, 5.74) is 0. The van der Waals surface area contributed by atoms with E-state index in [0.717, 1.165) is 0 Å². The summed E-state index contributed by atoms with van der Waals surface area (Å²) in [6.45, 7) is 2.17. The van der Waals surface area contributed by atoms with Crippen molar-refractivity contribution in [2.75, 3.05) is 20.1 Å². The normalized spacial score (nSPS) is 22.4. The van der Waals surface area contributed by atoms with Crippen molar-refractivity contribution < 1.29 is 19.5 Å². The average Bonchev–Trinajstić information content (AvgIpc) is 3.04. The third-order valence-corrected chi connectivity index (χ3v) is 2.73. The third-order valence-electron chi connectivity index (χ3n) is 2.73. The van der Waals surface area contributed by atoms with E-state index >= 15 is 0 Å². The third kappa shape index (κ3) is 2.71. The molecule has 0 aromatic carbocycles. The molecule has 0 saturated heterocycles. The van der Waals surface area contributed by atoms with Crippen LogP contribution in [-0.2, 0) is 14.4 Å². The molecule has 1 rings (SSSR count). The summed E-state index contributed by atoms with van der Waals surface area (Å²) in [5.74, 6) is -2.43. The van der Waals surface area contributed by atoms with Gasteiger partial charge in [-0.3, -0.25) is 14.4 Å². The molecule has 1 aliphatic carbocycles. The molecule has 0 radical (unpaired) electrons. The van der Waals surface area contributed by atoms with Crippen molar-refractivity contribution in [2.45, 2.75) is 13.3 Å². The molecule has 1 saturated carbocycles. The van der Waals surface area contributed by atoms with Crippen LogP contribution in [0.25, 0.3) is 0 Å². The lowest BCUT2D eigenvalue weighted by Crippen LogP contribution is -2.40. The van der Waals surface area contributed by atoms with E-state index in [1.807, 2.05) is 0 Å². The summed E-state index contributed by atoms with van der Waals surface area (Å²) in [5, 5.41) is 11.1. The van der Waals surface area contributed by atoms with E-state index in [-0.39, 0.29) is 18.4 Å². The lowest BCUT2D eigenvalue weighted by molar-refractivity contribution is -0.142. The minimum atomic E-state index is -0.936. The number of nitrogens with one attached hydrogen (secondary N) is 1. The Kier molecular flexibility index (Phi) is 3.87. The predicted octanol–water partition coefficient (Wildman–Crippen LogP) is -0.698. The Bertz CT molecular complexity index is 316. The zero-order valence-electron chi connectivity index (χ0n) is 9.40. The number of hydrogen-bond donors (Lipinski definition) is 2. The SMILES string of the molecule is CCN(CC(=O)NC)C(=O)[C@@H]1C[C@@H]1C(=O)O. The molecule has 0 heterocycles. The molecule has 0 aromatic heterocycles. The number of likely N-dealkylation sites (N-methyl/N-ethyl adjacent to an activating group) is 2. The van der Waals surface area contributed by atoms with Gasteiger partial charge in [0.05, 0.1) is 18.4 Å². The molecule has 1 aliphatic rings. The number of amides is 2. The fourth-order valence-corrected chi connectivity index (χ4v) is 1.57. The molecule has 2 amide bonds. The van der Waals surface area contributed by atoms with Crippen LogP contribution in [0.5, 0.6) is 0 Å². The maximum absolute atomic E-state index is 11.8. The van der Waals surface area contributed by atoms with Crippen LogP contribution in [0.3, 0.4) is 0 Å². The van der Waals surface area contributed by atoms with Crippen LogP contribution in [0.15, 0.2) is 0 Å². The fraction of sp³-hybridized carbons (Fsp3) is 0.700. The Morgan fingerprint density at radius 3 is 2.38 bits per heavy atom. The van der Waals surface area contributed by atoms with E-state index in [1.54, 1.807) is 6.92 Å². The molecule has 0 unspecified atom stereocenters. The van der Waals surface area contributed by atoms with Crippen molar-refractivity contribution in [2.24, 2.45) is 11.8 Å². The highest BCUT2D eigenvalue weighted by Gasteiger charge is 2.49. The van der Waals surface area contributed by atoms with Crippen molar-refractivity contribution in [3.8, 4) is 0 Å². The topological polar surface area (TPSA) is 86.7 Å². The molecule has 0 aliphatic heterocycles. The molecule has 0 aromatic rings. The quantitative estimate of drug-likeness (QED) is 0.651. The number of nitrogens with zero attached hydrogens (tertiary/aromatic N) is 1. The van der Waals surface area contributed by atoms with Crippen molar-refractivity contribution in [1.29, 1.82) is 0 Å². The number of aliphatic carboxylic acids is 1. The first kappa shape index (κ1) is 12.5. The summed E-state index contributed by atoms with van der Waals surface area (Å²) in [7, 11) is 1.50. The molecule has 2 atom stereocenters. The summed E-state index contributed by atoms with van der Waals surface area (Å²) in [6, 6.07) is 0. The van der Waals surface area contributed by atoms with E-state index < -0.39 is 17.8 Å². The maximum Gasteiger partial charge on any atom is 0.307 e. The van der Waals surface area contributed by atoms with Crippen LogP contribution in [0, 0.1) is 11.8 Å². The summed E-state index contributed by atoms with van der Waals surface area (Å²) < 4.78 is 0. The van der Waals surface area contributed by atoms with E-state index in [9.17, 15) is 14.4 Å². The molecular weight excluding hydrogens is 212 g/mol. The van der Waals surface area contributed by atoms with Gasteiger partial charge in [-0.1, -0.05) is 0 Å². The minimum absolute atomic E-state index is 0.00529. The van der Waals surface area contributed by atoms with E-state index in [4.69, 9.17) is 5.11 Å². The Labute approximate surface area is 93.6 Å². The maximum atomic E-state index is 11.8. The van der Waals surface area contributed by atoms with E-state index in [0.29, 0.717) is 13.0 Å². The molecule has 1 fully saturated rings. The zero-order chi connectivity index (χ0) is 12.3. The fourth-order valence-electron chi connectivity index (χ4n) is 1.57. The van der Waals surface area contributed by atoms with Crippen LogP contribution in [0.1, 0.15) is 13.3 Å². The lowest BCUT2D eigenvalue weighted by atomic mass is 10.2. The van der Waals surface area contributed by atoms with Gasteiger partial charge < -0.3 is 15.3 Å². The number of hydrogen-bond acceptors (Lipinski definition) is 3. The van der Waals surface area contributed by atoms with Gasteiger partial charge in [-0.2, -0.15) is 0 Å². The van der Waals surface area contributed by atoms with Crippen molar-refractivity contribution in [3.63, 3.8) is 0 Å². The van der Waals surface area contributed by atoms with Gasteiger partial charge in [0.25, 0.3) is 0 Å². The van der Waals surface area contributed by atoms with Crippen LogP contribution >= 0.6 is 0 Å². The number of carboxylic acids is 1. The second-order valence-corrected chi connectivity index (χ2v) is 3.81. The summed E-state index contributed by atoms with van der Waals surface area (Å²) in [6.07, 6.45) is 0.387. The number of carbonyl (C=O) groups excluding carboxylic acids is 2. The molecule has 16 heavy (non-hydrogen) atoms. The highest BCUT2D eigenvalue weighted by atomic mass is 16.4. The summed E-state index contributed by atoms with van der Waals surface area (Å²) >= 11 is 0. The molecule has 6 heteroatoms. The van der Waals surface area contributed by atoms with Gasteiger partial charge in [0.2, 0.25) is 11.8 Å². The molecule has 2 N–H and O–H groups in total. The van der Waals surface area contributed by atoms with Gasteiger partial charge in [-0.05, 0) is 13.3 Å². The van der Waals surface area contributed by atoms with Gasteiger partial charge >= 0.3 is 5.97 Å². The number of rotatable bonds is 5. The predicted molar refractivity (Wildman–Crippen MR) is 55.6 cm³/mol. The molecular formula is C10H16N2O4. The minimum Gasteiger partial charge on any atom is -0.481 e. The molecule has 0 bridgehead atoms. The Morgan fingerprint density at radius 2 is 2.00 bits per heavy atom. The number of carboxylic acid groups (broad SMARTS) is 1. The van der Waals surface area contributed by atoms with Gasteiger partial charge in [0, 0.05) is 13.6 Å². The standard InChI is InChI=1S/C10H16N2O4/c1-3-12(5-8(13)11-2)9(14)6-4-7(6)10(15)16/h6-7H,3-5H2,1-2H3,(H,11,13)(H,15,16)/t6-,7+/m1/s1. The lowest BCUT2D eigenvalue weighted by Gasteiger charge is -2.19. The number of carbonyl (C=O) groups is 3. The highest BCUT2D eigenvalue weighted by Crippen LogP contribution is 2.39. The first-order chi connectivity index (χ1) is 7.51. The van der Waals surface area contributed by atoms with E-state index in [1.165, 1.54) is 11.9 Å². The largest absolute Gasteiger partial charge is 0.481 e.